The van der Waals surface area contributed by atoms with Gasteiger partial charge in [0.25, 0.3) is 0 Å². The Labute approximate surface area is 521 Å². The molecule has 0 saturated carbocycles. The van der Waals surface area contributed by atoms with Crippen LogP contribution < -0.4 is 51.3 Å². The lowest BCUT2D eigenvalue weighted by molar-refractivity contribution is 0.669. The van der Waals surface area contributed by atoms with Gasteiger partial charge in [0.15, 0.2) is 16.1 Å². The van der Waals surface area contributed by atoms with Gasteiger partial charge in [-0.25, -0.2) is 0 Å². The fourth-order valence-electron chi connectivity index (χ4n) is 15.4. The molecule has 0 amide bonds. The molecule has 0 radical (unpaired) electrons. The number of hydrogen-bond acceptors (Lipinski definition) is 3. The van der Waals surface area contributed by atoms with Crippen LogP contribution in [-0.4, -0.2) is 16.1 Å². The Morgan fingerprint density at radius 2 is 0.607 bits per heavy atom. The summed E-state index contributed by atoms with van der Waals surface area (Å²) in [5, 5.41) is 17.9. The minimum Gasteiger partial charge on any atom is -0.456 e. The second-order valence-electron chi connectivity index (χ2n) is 24.6. The molecule has 2 aliphatic rings. The summed E-state index contributed by atoms with van der Waals surface area (Å²) < 4.78 is 6.90. The predicted octanol–water partition coefficient (Wildman–Crippen LogP) is 16.8. The van der Waals surface area contributed by atoms with Crippen LogP contribution in [0.5, 0.6) is 0 Å². The van der Waals surface area contributed by atoms with E-state index in [1.54, 1.807) is 0 Å². The van der Waals surface area contributed by atoms with Crippen LogP contribution in [0.2, 0.25) is 0 Å². The van der Waals surface area contributed by atoms with Crippen LogP contribution in [0.1, 0.15) is 22.3 Å². The number of anilines is 6. The zero-order valence-electron chi connectivity index (χ0n) is 50.2. The number of nitrogens with zero attached hydrogens (tertiary/aromatic N) is 2. The van der Waals surface area contributed by atoms with Gasteiger partial charge in [0.05, 0.1) is 5.69 Å². The van der Waals surface area contributed by atoms with Crippen molar-refractivity contribution >= 4 is 135 Å². The fourth-order valence-corrected chi connectivity index (χ4v) is 25.5. The zero-order valence-corrected chi connectivity index (χ0v) is 52.2. The SMILES string of the molecule is Cc1ccc([Si]2(c3ccc(C)cc3)c3ccccc3N(c3ccc4c(-c5ccccc5)c5cc(N6c7ccccc7[Si](c7ccc(C)cc7)(c7ccc(C)cc7)c7cc8c(cc76)oc6ccccc68)ccc5c(-c5ccccc5)c4c3)c3ccccc32)cc1. The summed E-state index contributed by atoms with van der Waals surface area (Å²) in [7, 11) is -5.96. The Balaban J connectivity index is 0.936. The van der Waals surface area contributed by atoms with Crippen LogP contribution in [0.3, 0.4) is 0 Å². The zero-order chi connectivity index (χ0) is 59.5. The van der Waals surface area contributed by atoms with E-state index >= 15 is 0 Å². The number of hydrogen-bond donors (Lipinski definition) is 0. The van der Waals surface area contributed by atoms with Crippen molar-refractivity contribution in [2.24, 2.45) is 0 Å². The average molecular weight is 1170 g/mol. The third-order valence-electron chi connectivity index (χ3n) is 19.5. The minimum atomic E-state index is -3.08. The van der Waals surface area contributed by atoms with Crippen LogP contribution >= 0.6 is 0 Å². The molecule has 0 N–H and O–H groups in total. The summed E-state index contributed by atoms with van der Waals surface area (Å²) in [6.07, 6.45) is 0. The van der Waals surface area contributed by atoms with Gasteiger partial charge < -0.3 is 14.2 Å². The van der Waals surface area contributed by atoms with Crippen molar-refractivity contribution in [2.45, 2.75) is 27.7 Å². The minimum absolute atomic E-state index is 0.876. The highest BCUT2D eigenvalue weighted by Crippen LogP contribution is 2.50. The molecule has 2 aliphatic heterocycles. The second-order valence-corrected chi connectivity index (χ2v) is 32.1. The lowest BCUT2D eigenvalue weighted by Gasteiger charge is -2.45. The largest absolute Gasteiger partial charge is 0.456 e. The maximum absolute atomic E-state index is 6.90. The summed E-state index contributed by atoms with van der Waals surface area (Å²) >= 11 is 0. The van der Waals surface area contributed by atoms with Gasteiger partial charge in [-0.15, -0.1) is 0 Å². The number of aryl methyl sites for hydroxylation is 4. The van der Waals surface area contributed by atoms with Gasteiger partial charge in [-0.1, -0.05) is 265 Å². The van der Waals surface area contributed by atoms with Crippen molar-refractivity contribution in [1.82, 2.24) is 0 Å². The van der Waals surface area contributed by atoms with Gasteiger partial charge in [-0.05, 0) is 168 Å². The molecule has 15 aromatic rings. The molecular formula is C84H62N2OSi2. The van der Waals surface area contributed by atoms with Gasteiger partial charge in [-0.3, -0.25) is 0 Å². The van der Waals surface area contributed by atoms with Crippen LogP contribution in [-0.2, 0) is 0 Å². The molecule has 0 bridgehead atoms. The van der Waals surface area contributed by atoms with Gasteiger partial charge >= 0.3 is 0 Å². The van der Waals surface area contributed by atoms with Crippen LogP contribution in [0.4, 0.5) is 34.1 Å². The Hall–Kier alpha value is -10.6. The molecule has 3 nitrogen and oxygen atoms in total. The summed E-state index contributed by atoms with van der Waals surface area (Å²) in [6, 6.07) is 116. The van der Waals surface area contributed by atoms with E-state index in [1.807, 2.05) is 0 Å². The Bertz CT molecular complexity index is 5150. The molecule has 17 rings (SSSR count). The highest BCUT2D eigenvalue weighted by atomic mass is 28.3. The molecule has 1 aromatic heterocycles. The summed E-state index contributed by atoms with van der Waals surface area (Å²) in [5.41, 5.74) is 18.5. The maximum atomic E-state index is 6.90. The molecule has 14 aromatic carbocycles. The van der Waals surface area contributed by atoms with E-state index in [-0.39, 0.29) is 0 Å². The second kappa shape index (κ2) is 20.5. The quantitative estimate of drug-likeness (QED) is 0.112. The smallest absolute Gasteiger partial charge is 0.184 e. The molecule has 422 valence electrons. The highest BCUT2D eigenvalue weighted by molar-refractivity contribution is 7.22. The molecule has 0 fully saturated rings. The van der Waals surface area contributed by atoms with E-state index in [0.717, 1.165) is 39.0 Å². The van der Waals surface area contributed by atoms with Crippen LogP contribution in [0.25, 0.3) is 65.7 Å². The van der Waals surface area contributed by atoms with Crippen molar-refractivity contribution in [3.63, 3.8) is 0 Å². The molecule has 0 saturated heterocycles. The predicted molar refractivity (Wildman–Crippen MR) is 382 cm³/mol. The summed E-state index contributed by atoms with van der Waals surface area (Å²) in [4.78, 5) is 5.11. The van der Waals surface area contributed by atoms with Crippen molar-refractivity contribution in [1.29, 1.82) is 0 Å². The first kappa shape index (κ1) is 52.7. The van der Waals surface area contributed by atoms with Gasteiger partial charge in [-0.2, -0.15) is 0 Å². The Morgan fingerprint density at radius 3 is 1.03 bits per heavy atom. The third kappa shape index (κ3) is 7.95. The first-order valence-electron chi connectivity index (χ1n) is 31.0. The number of para-hydroxylation sites is 4. The normalized spacial score (nSPS) is 13.8. The topological polar surface area (TPSA) is 19.6 Å². The molecule has 0 spiro atoms. The van der Waals surface area contributed by atoms with Crippen LogP contribution in [0.15, 0.2) is 308 Å². The Morgan fingerprint density at radius 1 is 0.247 bits per heavy atom. The van der Waals surface area contributed by atoms with E-state index < -0.39 is 16.1 Å². The van der Waals surface area contributed by atoms with E-state index in [2.05, 4.69) is 341 Å². The number of furan rings is 1. The summed E-state index contributed by atoms with van der Waals surface area (Å²) in [6.45, 7) is 8.78. The molecule has 89 heavy (non-hydrogen) atoms. The lowest BCUT2D eigenvalue weighted by Crippen LogP contribution is -2.77. The maximum Gasteiger partial charge on any atom is 0.184 e. The van der Waals surface area contributed by atoms with Crippen molar-refractivity contribution < 1.29 is 4.42 Å². The van der Waals surface area contributed by atoms with Crippen LogP contribution in [0, 0.1) is 27.7 Å². The van der Waals surface area contributed by atoms with E-state index in [9.17, 15) is 0 Å². The Kier molecular flexibility index (Phi) is 12.2. The molecule has 0 atom stereocenters. The molecule has 0 aliphatic carbocycles. The van der Waals surface area contributed by atoms with Gasteiger partial charge in [0.2, 0.25) is 0 Å². The lowest BCUT2D eigenvalue weighted by atomic mass is 9.85. The first-order valence-corrected chi connectivity index (χ1v) is 35.0. The molecular weight excluding hydrogens is 1110 g/mol. The number of fused-ring (bicyclic) bond motifs is 9. The number of rotatable bonds is 8. The molecule has 3 heterocycles. The summed E-state index contributed by atoms with van der Waals surface area (Å²) in [5.74, 6) is 0. The van der Waals surface area contributed by atoms with Crippen molar-refractivity contribution in [3.05, 3.63) is 326 Å². The van der Waals surface area contributed by atoms with E-state index in [4.69, 9.17) is 4.42 Å². The third-order valence-corrected chi connectivity index (χ3v) is 29.1. The number of benzene rings is 14. The van der Waals surface area contributed by atoms with E-state index in [0.29, 0.717) is 0 Å². The first-order chi connectivity index (χ1) is 43.8. The molecule has 0 unspecified atom stereocenters. The highest BCUT2D eigenvalue weighted by Gasteiger charge is 2.51. The molecule has 5 heteroatoms. The van der Waals surface area contributed by atoms with Crippen molar-refractivity contribution in [2.75, 3.05) is 9.80 Å². The van der Waals surface area contributed by atoms with E-state index in [1.165, 1.54) is 125 Å². The van der Waals surface area contributed by atoms with Gasteiger partial charge in [0, 0.05) is 45.3 Å². The standard InChI is InChI=1S/C84H62N2OSi2/c1-55-31-41-63(42-32-55)88(64-43-33-56(2)34-44-64)79-28-16-12-24-73(79)85(74-25-13-17-29-80(74)88)61-39-49-68-71(51-61)83(59-19-7-5-8-20-59)69-50-40-62(52-72(69)84(68)60-21-9-6-10-22-60)86-75-26-14-18-30-81(75)89(65-45-35-57(3)36-46-65,66-47-37-58(4)38-48-66)82-53-70-67-23-11-15-27-77(67)87-78(70)54-76(82)86/h5-54H,1-4H3. The van der Waals surface area contributed by atoms with Gasteiger partial charge in [0.1, 0.15) is 11.2 Å². The fraction of sp³-hybridized carbons (Fsp3) is 0.0476. The van der Waals surface area contributed by atoms with Crippen molar-refractivity contribution in [3.8, 4) is 22.3 Å². The average Bonchev–Trinajstić information content (AvgIpc) is 1.12. The monoisotopic (exact) mass is 1170 g/mol.